The van der Waals surface area contributed by atoms with Crippen molar-refractivity contribution in [2.45, 2.75) is 25.4 Å². The zero-order chi connectivity index (χ0) is 16.1. The molecular weight excluding hydrogens is 368 g/mol. The van der Waals surface area contributed by atoms with E-state index in [-0.39, 0.29) is 42.6 Å². The highest BCUT2D eigenvalue weighted by Crippen LogP contribution is 2.21. The monoisotopic (exact) mass is 387 g/mol. The Labute approximate surface area is 158 Å². The first-order chi connectivity index (χ1) is 11.2. The number of carbonyl (C=O) groups excluding carboxylic acids is 1. The molecule has 1 saturated heterocycles. The molecule has 2 aromatic rings. The highest BCUT2D eigenvalue weighted by Gasteiger charge is 2.21. The standard InChI is InChI=1S/C17H18FN3O2.2ClH/c18-12-3-5-14(6-4-12)23-15-7-9-19-13(10-15)11-21-17(22)16-2-1-8-20-16;;/h3-7,9-10,16,20H,1-2,8,11H2,(H,21,22);2*1H. The zero-order valence-electron chi connectivity index (χ0n) is 13.4. The average Bonchev–Trinajstić information content (AvgIpc) is 3.10. The molecule has 0 spiro atoms. The lowest BCUT2D eigenvalue weighted by Crippen LogP contribution is -2.40. The molecule has 5 nitrogen and oxygen atoms in total. The fraction of sp³-hybridized carbons (Fsp3) is 0.294. The Morgan fingerprint density at radius 1 is 1.24 bits per heavy atom. The third-order valence-electron chi connectivity index (χ3n) is 3.66. The van der Waals surface area contributed by atoms with Crippen LogP contribution >= 0.6 is 24.8 Å². The number of amides is 1. The maximum Gasteiger partial charge on any atom is 0.237 e. The number of nitrogens with one attached hydrogen (secondary N) is 2. The molecule has 136 valence electrons. The fourth-order valence-corrected chi connectivity index (χ4v) is 2.46. The van der Waals surface area contributed by atoms with Crippen LogP contribution in [-0.2, 0) is 11.3 Å². The van der Waals surface area contributed by atoms with Crippen LogP contribution in [0.5, 0.6) is 11.5 Å². The van der Waals surface area contributed by atoms with Gasteiger partial charge in [-0.05, 0) is 49.7 Å². The van der Waals surface area contributed by atoms with Crippen molar-refractivity contribution >= 4 is 30.7 Å². The number of halogens is 3. The second-order valence-corrected chi connectivity index (χ2v) is 5.41. The summed E-state index contributed by atoms with van der Waals surface area (Å²) < 4.78 is 18.5. The molecule has 1 aliphatic heterocycles. The van der Waals surface area contributed by atoms with Crippen LogP contribution in [0.4, 0.5) is 4.39 Å². The molecule has 1 unspecified atom stereocenters. The van der Waals surface area contributed by atoms with Crippen LogP contribution in [0.2, 0.25) is 0 Å². The number of aromatic nitrogens is 1. The van der Waals surface area contributed by atoms with Gasteiger partial charge < -0.3 is 15.4 Å². The average molecular weight is 388 g/mol. The highest BCUT2D eigenvalue weighted by molar-refractivity contribution is 5.85. The molecule has 0 saturated carbocycles. The molecule has 2 N–H and O–H groups in total. The van der Waals surface area contributed by atoms with E-state index in [9.17, 15) is 9.18 Å². The summed E-state index contributed by atoms with van der Waals surface area (Å²) in [6.07, 6.45) is 3.51. The smallest absolute Gasteiger partial charge is 0.237 e. The molecule has 0 bridgehead atoms. The number of ether oxygens (including phenoxy) is 1. The maximum absolute atomic E-state index is 12.9. The third-order valence-corrected chi connectivity index (χ3v) is 3.66. The van der Waals surface area contributed by atoms with Crippen molar-refractivity contribution in [1.82, 2.24) is 15.6 Å². The van der Waals surface area contributed by atoms with Gasteiger partial charge in [0.2, 0.25) is 5.91 Å². The topological polar surface area (TPSA) is 63.2 Å². The lowest BCUT2D eigenvalue weighted by Gasteiger charge is -2.11. The van der Waals surface area contributed by atoms with Crippen LogP contribution in [0, 0.1) is 5.82 Å². The van der Waals surface area contributed by atoms with E-state index >= 15 is 0 Å². The number of nitrogens with zero attached hydrogens (tertiary/aromatic N) is 1. The summed E-state index contributed by atoms with van der Waals surface area (Å²) in [5.74, 6) is 0.822. The Morgan fingerprint density at radius 3 is 2.68 bits per heavy atom. The van der Waals surface area contributed by atoms with Crippen molar-refractivity contribution in [3.8, 4) is 11.5 Å². The summed E-state index contributed by atoms with van der Waals surface area (Å²) in [6, 6.07) is 9.16. The van der Waals surface area contributed by atoms with Gasteiger partial charge in [-0.3, -0.25) is 9.78 Å². The van der Waals surface area contributed by atoms with Crippen molar-refractivity contribution in [2.75, 3.05) is 6.54 Å². The first-order valence-electron chi connectivity index (χ1n) is 7.60. The van der Waals surface area contributed by atoms with Crippen LogP contribution in [0.1, 0.15) is 18.5 Å². The minimum Gasteiger partial charge on any atom is -0.457 e. The molecule has 25 heavy (non-hydrogen) atoms. The summed E-state index contributed by atoms with van der Waals surface area (Å²) >= 11 is 0. The zero-order valence-corrected chi connectivity index (χ0v) is 15.0. The first-order valence-corrected chi connectivity index (χ1v) is 7.60. The van der Waals surface area contributed by atoms with Crippen LogP contribution < -0.4 is 15.4 Å². The van der Waals surface area contributed by atoms with E-state index < -0.39 is 0 Å². The number of benzene rings is 1. The minimum absolute atomic E-state index is 0. The third kappa shape index (κ3) is 6.16. The molecule has 1 atom stereocenters. The molecule has 1 aliphatic rings. The van der Waals surface area contributed by atoms with Gasteiger partial charge in [0.25, 0.3) is 0 Å². The second kappa shape index (κ2) is 10.2. The van der Waals surface area contributed by atoms with Crippen LogP contribution in [-0.4, -0.2) is 23.5 Å². The van der Waals surface area contributed by atoms with Crippen LogP contribution in [0.3, 0.4) is 0 Å². The van der Waals surface area contributed by atoms with E-state index in [0.29, 0.717) is 23.7 Å². The molecule has 0 radical (unpaired) electrons. The van der Waals surface area contributed by atoms with Gasteiger partial charge in [0.15, 0.2) is 0 Å². The maximum atomic E-state index is 12.9. The van der Waals surface area contributed by atoms with Crippen molar-refractivity contribution in [3.05, 3.63) is 54.1 Å². The van der Waals surface area contributed by atoms with E-state index in [1.165, 1.54) is 12.1 Å². The molecule has 0 aliphatic carbocycles. The van der Waals surface area contributed by atoms with Gasteiger partial charge in [0.05, 0.1) is 18.3 Å². The summed E-state index contributed by atoms with van der Waals surface area (Å²) in [4.78, 5) is 16.2. The summed E-state index contributed by atoms with van der Waals surface area (Å²) in [5.41, 5.74) is 0.705. The normalized spacial score (nSPS) is 15.6. The van der Waals surface area contributed by atoms with Crippen molar-refractivity contribution in [2.24, 2.45) is 0 Å². The second-order valence-electron chi connectivity index (χ2n) is 5.41. The minimum atomic E-state index is -0.309. The molecule has 1 aromatic carbocycles. The van der Waals surface area contributed by atoms with Gasteiger partial charge in [0, 0.05) is 12.3 Å². The van der Waals surface area contributed by atoms with Gasteiger partial charge in [0.1, 0.15) is 17.3 Å². The molecule has 2 heterocycles. The van der Waals surface area contributed by atoms with Crippen LogP contribution in [0.25, 0.3) is 0 Å². The van der Waals surface area contributed by atoms with Crippen molar-refractivity contribution < 1.29 is 13.9 Å². The van der Waals surface area contributed by atoms with E-state index in [1.54, 1.807) is 30.5 Å². The van der Waals surface area contributed by atoms with E-state index in [2.05, 4.69) is 15.6 Å². The number of hydrogen-bond donors (Lipinski definition) is 2. The van der Waals surface area contributed by atoms with Crippen LogP contribution in [0.15, 0.2) is 42.6 Å². The quantitative estimate of drug-likeness (QED) is 0.826. The molecule has 3 rings (SSSR count). The summed E-state index contributed by atoms with van der Waals surface area (Å²) in [5, 5.41) is 6.02. The Morgan fingerprint density at radius 2 is 2.00 bits per heavy atom. The van der Waals surface area contributed by atoms with Gasteiger partial charge in [-0.15, -0.1) is 24.8 Å². The fourth-order valence-electron chi connectivity index (χ4n) is 2.46. The van der Waals surface area contributed by atoms with E-state index in [4.69, 9.17) is 4.74 Å². The van der Waals surface area contributed by atoms with Gasteiger partial charge in [-0.1, -0.05) is 0 Å². The van der Waals surface area contributed by atoms with Gasteiger partial charge in [-0.2, -0.15) is 0 Å². The largest absolute Gasteiger partial charge is 0.457 e. The first kappa shape index (κ1) is 21.2. The predicted molar refractivity (Wildman–Crippen MR) is 98.1 cm³/mol. The highest BCUT2D eigenvalue weighted by atomic mass is 35.5. The van der Waals surface area contributed by atoms with Crippen molar-refractivity contribution in [1.29, 1.82) is 0 Å². The SMILES string of the molecule is Cl.Cl.O=C(NCc1cc(Oc2ccc(F)cc2)ccn1)C1CCCN1. The van der Waals surface area contributed by atoms with Gasteiger partial charge >= 0.3 is 0 Å². The molecular formula is C17H20Cl2FN3O2. The summed E-state index contributed by atoms with van der Waals surface area (Å²) in [7, 11) is 0. The molecule has 1 aromatic heterocycles. The number of pyridine rings is 1. The lowest BCUT2D eigenvalue weighted by atomic mass is 10.2. The Bertz CT molecular complexity index is 680. The molecule has 1 amide bonds. The number of hydrogen-bond acceptors (Lipinski definition) is 4. The Kier molecular flexibility index (Phi) is 8.61. The Balaban J connectivity index is 0.00000156. The number of rotatable bonds is 5. The Hall–Kier alpha value is -1.89. The van der Waals surface area contributed by atoms with E-state index in [0.717, 1.165) is 19.4 Å². The van der Waals surface area contributed by atoms with Gasteiger partial charge in [-0.25, -0.2) is 4.39 Å². The predicted octanol–water partition coefficient (Wildman–Crippen LogP) is 3.22. The molecule has 1 fully saturated rings. The van der Waals surface area contributed by atoms with E-state index in [1.807, 2.05) is 0 Å². The molecule has 8 heteroatoms. The number of carbonyl (C=O) groups is 1. The summed E-state index contributed by atoms with van der Waals surface area (Å²) in [6.45, 7) is 1.23. The lowest BCUT2D eigenvalue weighted by molar-refractivity contribution is -0.122. The van der Waals surface area contributed by atoms with Crippen molar-refractivity contribution in [3.63, 3.8) is 0 Å².